The van der Waals surface area contributed by atoms with Crippen molar-refractivity contribution in [3.63, 3.8) is 0 Å². The van der Waals surface area contributed by atoms with Crippen LogP contribution in [0.5, 0.6) is 5.75 Å². The summed E-state index contributed by atoms with van der Waals surface area (Å²) in [5.41, 5.74) is 6.23. The Labute approximate surface area is 128 Å². The molecule has 0 fully saturated rings. The Balaban J connectivity index is 1.75. The lowest BCUT2D eigenvalue weighted by atomic mass is 10.2. The molecule has 0 radical (unpaired) electrons. The molecule has 3 rings (SSSR count). The lowest BCUT2D eigenvalue weighted by Gasteiger charge is -2.14. The SMILES string of the molecule is CN(C)c1ccc(C2NN=C(c3ccccc3O)S2)cc1. The van der Waals surface area contributed by atoms with Gasteiger partial charge in [0.25, 0.3) is 0 Å². The molecule has 1 aliphatic heterocycles. The zero-order chi connectivity index (χ0) is 14.8. The molecule has 21 heavy (non-hydrogen) atoms. The van der Waals surface area contributed by atoms with E-state index >= 15 is 0 Å². The first-order chi connectivity index (χ1) is 10.1. The summed E-state index contributed by atoms with van der Waals surface area (Å²) in [7, 11) is 4.05. The highest BCUT2D eigenvalue weighted by molar-refractivity contribution is 8.14. The molecule has 0 saturated carbocycles. The summed E-state index contributed by atoms with van der Waals surface area (Å²) >= 11 is 1.61. The van der Waals surface area contributed by atoms with E-state index in [0.717, 1.165) is 10.6 Å². The van der Waals surface area contributed by atoms with Crippen molar-refractivity contribution in [2.75, 3.05) is 19.0 Å². The number of benzene rings is 2. The smallest absolute Gasteiger partial charge is 0.129 e. The number of nitrogens with one attached hydrogen (secondary N) is 1. The van der Waals surface area contributed by atoms with Gasteiger partial charge in [-0.1, -0.05) is 36.0 Å². The van der Waals surface area contributed by atoms with Crippen LogP contribution in [0.2, 0.25) is 0 Å². The maximum Gasteiger partial charge on any atom is 0.129 e. The van der Waals surface area contributed by atoms with E-state index in [0.29, 0.717) is 0 Å². The van der Waals surface area contributed by atoms with Crippen molar-refractivity contribution in [3.8, 4) is 5.75 Å². The number of rotatable bonds is 3. The van der Waals surface area contributed by atoms with Crippen LogP contribution in [0, 0.1) is 0 Å². The summed E-state index contributed by atoms with van der Waals surface area (Å²) in [5.74, 6) is 0.258. The standard InChI is InChI=1S/C16H17N3OS/c1-19(2)12-9-7-11(8-10-12)15-17-18-16(21-15)13-5-3-4-6-14(13)20/h3-10,15,17,20H,1-2H3. The maximum absolute atomic E-state index is 9.90. The Morgan fingerprint density at radius 3 is 2.48 bits per heavy atom. The highest BCUT2D eigenvalue weighted by atomic mass is 32.2. The molecule has 0 amide bonds. The molecule has 108 valence electrons. The summed E-state index contributed by atoms with van der Waals surface area (Å²) in [6.07, 6.45) is 0. The van der Waals surface area contributed by atoms with Crippen molar-refractivity contribution in [1.82, 2.24) is 5.43 Å². The van der Waals surface area contributed by atoms with Crippen LogP contribution in [-0.4, -0.2) is 24.2 Å². The molecule has 0 aliphatic carbocycles. The minimum absolute atomic E-state index is 0.0795. The van der Waals surface area contributed by atoms with Crippen LogP contribution in [0.4, 0.5) is 5.69 Å². The van der Waals surface area contributed by atoms with E-state index in [1.54, 1.807) is 17.8 Å². The van der Waals surface area contributed by atoms with E-state index in [2.05, 4.69) is 39.7 Å². The van der Waals surface area contributed by atoms with Crippen molar-refractivity contribution in [2.24, 2.45) is 5.10 Å². The van der Waals surface area contributed by atoms with E-state index in [4.69, 9.17) is 0 Å². The molecule has 4 nitrogen and oxygen atoms in total. The van der Waals surface area contributed by atoms with Crippen molar-refractivity contribution in [2.45, 2.75) is 5.37 Å². The molecule has 2 aromatic carbocycles. The molecule has 0 saturated heterocycles. The van der Waals surface area contributed by atoms with Crippen LogP contribution in [0.1, 0.15) is 16.5 Å². The highest BCUT2D eigenvalue weighted by Crippen LogP contribution is 2.36. The van der Waals surface area contributed by atoms with E-state index in [-0.39, 0.29) is 11.1 Å². The van der Waals surface area contributed by atoms with E-state index in [1.807, 2.05) is 32.3 Å². The lowest BCUT2D eigenvalue weighted by molar-refractivity contribution is 0.474. The molecule has 0 aromatic heterocycles. The number of aromatic hydroxyl groups is 1. The third-order valence-corrected chi connectivity index (χ3v) is 4.51. The first-order valence-corrected chi connectivity index (χ1v) is 7.58. The average molecular weight is 299 g/mol. The van der Waals surface area contributed by atoms with Gasteiger partial charge in [-0.25, -0.2) is 0 Å². The fraction of sp³-hybridized carbons (Fsp3) is 0.188. The summed E-state index contributed by atoms with van der Waals surface area (Å²) in [6.45, 7) is 0. The Bertz CT molecular complexity index is 667. The van der Waals surface area contributed by atoms with Crippen molar-refractivity contribution in [1.29, 1.82) is 0 Å². The number of phenols is 1. The van der Waals surface area contributed by atoms with Crippen molar-refractivity contribution < 1.29 is 5.11 Å². The van der Waals surface area contributed by atoms with Crippen LogP contribution in [-0.2, 0) is 0 Å². The number of hydrazone groups is 1. The quantitative estimate of drug-likeness (QED) is 0.914. The van der Waals surface area contributed by atoms with Crippen LogP contribution in [0.3, 0.4) is 0 Å². The number of anilines is 1. The predicted octanol–water partition coefficient (Wildman–Crippen LogP) is 3.16. The molecule has 1 heterocycles. The number of phenolic OH excluding ortho intramolecular Hbond substituents is 1. The van der Waals surface area contributed by atoms with Crippen molar-refractivity contribution in [3.05, 3.63) is 59.7 Å². The summed E-state index contributed by atoms with van der Waals surface area (Å²) in [5, 5.41) is 15.1. The molecule has 0 spiro atoms. The Morgan fingerprint density at radius 1 is 1.10 bits per heavy atom. The van der Waals surface area contributed by atoms with E-state index in [9.17, 15) is 5.11 Å². The molecule has 2 N–H and O–H groups in total. The second-order valence-electron chi connectivity index (χ2n) is 5.05. The molecule has 1 atom stereocenters. The topological polar surface area (TPSA) is 47.9 Å². The molecule has 0 bridgehead atoms. The van der Waals surface area contributed by atoms with Gasteiger partial charge < -0.3 is 10.0 Å². The van der Waals surface area contributed by atoms with Gasteiger partial charge in [-0.15, -0.1) is 0 Å². The van der Waals surface area contributed by atoms with Gasteiger partial charge in [0.15, 0.2) is 0 Å². The largest absolute Gasteiger partial charge is 0.507 e. The minimum Gasteiger partial charge on any atom is -0.507 e. The van der Waals surface area contributed by atoms with Gasteiger partial charge in [-0.2, -0.15) is 5.10 Å². The van der Waals surface area contributed by atoms with Gasteiger partial charge >= 0.3 is 0 Å². The Hall–Kier alpha value is -2.14. The predicted molar refractivity (Wildman–Crippen MR) is 88.9 cm³/mol. The van der Waals surface area contributed by atoms with Gasteiger partial charge in [-0.3, -0.25) is 5.43 Å². The molecule has 1 unspecified atom stereocenters. The van der Waals surface area contributed by atoms with Gasteiger partial charge in [0.05, 0.1) is 5.56 Å². The fourth-order valence-electron chi connectivity index (χ4n) is 2.15. The second-order valence-corrected chi connectivity index (χ2v) is 6.14. The lowest BCUT2D eigenvalue weighted by Crippen LogP contribution is -2.10. The van der Waals surface area contributed by atoms with Gasteiger partial charge in [0.1, 0.15) is 16.2 Å². The van der Waals surface area contributed by atoms with Gasteiger partial charge in [0.2, 0.25) is 0 Å². The third kappa shape index (κ3) is 2.83. The first-order valence-electron chi connectivity index (χ1n) is 6.70. The maximum atomic E-state index is 9.90. The minimum atomic E-state index is 0.0795. The van der Waals surface area contributed by atoms with Crippen LogP contribution < -0.4 is 10.3 Å². The first kappa shape index (κ1) is 13.8. The normalized spacial score (nSPS) is 17.2. The van der Waals surface area contributed by atoms with Crippen LogP contribution in [0.15, 0.2) is 53.6 Å². The zero-order valence-electron chi connectivity index (χ0n) is 11.9. The second kappa shape index (κ2) is 5.69. The van der Waals surface area contributed by atoms with Crippen LogP contribution >= 0.6 is 11.8 Å². The zero-order valence-corrected chi connectivity index (χ0v) is 12.8. The fourth-order valence-corrected chi connectivity index (χ4v) is 3.18. The molecular weight excluding hydrogens is 282 g/mol. The van der Waals surface area contributed by atoms with Crippen molar-refractivity contribution >= 4 is 22.5 Å². The number of hydrogen-bond acceptors (Lipinski definition) is 5. The van der Waals surface area contributed by atoms with Crippen LogP contribution in [0.25, 0.3) is 0 Å². The van der Waals surface area contributed by atoms with Gasteiger partial charge in [-0.05, 0) is 29.8 Å². The summed E-state index contributed by atoms with van der Waals surface area (Å²) in [6, 6.07) is 15.6. The van der Waals surface area contributed by atoms with Gasteiger partial charge in [0, 0.05) is 19.8 Å². The Kier molecular flexibility index (Phi) is 3.75. The van der Waals surface area contributed by atoms with E-state index in [1.165, 1.54) is 11.3 Å². The molecular formula is C16H17N3OS. The monoisotopic (exact) mass is 299 g/mol. The number of thioether (sulfide) groups is 1. The highest BCUT2D eigenvalue weighted by Gasteiger charge is 2.23. The molecule has 5 heteroatoms. The third-order valence-electron chi connectivity index (χ3n) is 3.36. The molecule has 1 aliphatic rings. The molecule has 2 aromatic rings. The summed E-state index contributed by atoms with van der Waals surface area (Å²) in [4.78, 5) is 2.07. The number of para-hydroxylation sites is 1. The van der Waals surface area contributed by atoms with E-state index < -0.39 is 0 Å². The number of nitrogens with zero attached hydrogens (tertiary/aromatic N) is 2. The Morgan fingerprint density at radius 2 is 1.81 bits per heavy atom. The average Bonchev–Trinajstić information content (AvgIpc) is 2.97. The number of hydrogen-bond donors (Lipinski definition) is 2. The summed E-state index contributed by atoms with van der Waals surface area (Å²) < 4.78 is 0.